The Labute approximate surface area is 95.8 Å². The zero-order valence-corrected chi connectivity index (χ0v) is 9.73. The van der Waals surface area contributed by atoms with Gasteiger partial charge in [-0.2, -0.15) is 0 Å². The molecule has 1 aromatic rings. The number of nitrogens with zero attached hydrogens (tertiary/aromatic N) is 1. The van der Waals surface area contributed by atoms with Gasteiger partial charge in [-0.05, 0) is 35.0 Å². The highest BCUT2D eigenvalue weighted by atomic mass is 79.9. The maximum Gasteiger partial charge on any atom is 0.314 e. The molecule has 0 N–H and O–H groups in total. The molecule has 15 heavy (non-hydrogen) atoms. The third-order valence-corrected chi connectivity index (χ3v) is 1.74. The smallest absolute Gasteiger partial charge is 0.314 e. The number of aromatic nitrogens is 1. The van der Waals surface area contributed by atoms with Crippen LogP contribution < -0.4 is 0 Å². The number of halogens is 1. The number of hydrogen-bond donors (Lipinski definition) is 0. The first-order valence-electron chi connectivity index (χ1n) is 4.37. The van der Waals surface area contributed by atoms with E-state index in [2.05, 4.69) is 20.9 Å². The van der Waals surface area contributed by atoms with E-state index in [-0.39, 0.29) is 22.9 Å². The Bertz CT molecular complexity index is 351. The van der Waals surface area contributed by atoms with E-state index in [1.165, 1.54) is 6.20 Å². The van der Waals surface area contributed by atoms with Crippen molar-refractivity contribution in [2.24, 2.45) is 0 Å². The fraction of sp³-hybridized carbons (Fsp3) is 0.300. The number of rotatable bonds is 4. The average Bonchev–Trinajstić information content (AvgIpc) is 2.17. The van der Waals surface area contributed by atoms with Gasteiger partial charge in [0.2, 0.25) is 0 Å². The van der Waals surface area contributed by atoms with Gasteiger partial charge in [-0.1, -0.05) is 6.07 Å². The molecular weight excluding hydrogens is 262 g/mol. The zero-order valence-electron chi connectivity index (χ0n) is 8.14. The molecule has 0 aliphatic rings. The summed E-state index contributed by atoms with van der Waals surface area (Å²) in [6.45, 7) is 1.66. The molecule has 0 saturated heterocycles. The standard InChI is InChI=1S/C10H10BrNO3/c1-7(11)15-10(14)6-9(13)8-4-2-3-5-12-8/h2-5,7H,6H2,1H3. The summed E-state index contributed by atoms with van der Waals surface area (Å²) >= 11 is 3.05. The molecule has 5 heteroatoms. The van der Waals surface area contributed by atoms with Gasteiger partial charge in [0.15, 0.2) is 10.8 Å². The maximum absolute atomic E-state index is 11.5. The lowest BCUT2D eigenvalue weighted by atomic mass is 10.2. The highest BCUT2D eigenvalue weighted by molar-refractivity contribution is 9.09. The second-order valence-electron chi connectivity index (χ2n) is 2.85. The molecule has 1 heterocycles. The Morgan fingerprint density at radius 2 is 2.27 bits per heavy atom. The molecule has 0 saturated carbocycles. The Kier molecular flexibility index (Phi) is 4.42. The Morgan fingerprint density at radius 3 is 2.80 bits per heavy atom. The molecule has 1 rings (SSSR count). The third kappa shape index (κ3) is 4.20. The van der Waals surface area contributed by atoms with Crippen molar-refractivity contribution in [1.82, 2.24) is 4.98 Å². The van der Waals surface area contributed by atoms with E-state index in [9.17, 15) is 9.59 Å². The van der Waals surface area contributed by atoms with Gasteiger partial charge >= 0.3 is 5.97 Å². The largest absolute Gasteiger partial charge is 0.451 e. The van der Waals surface area contributed by atoms with Crippen molar-refractivity contribution in [2.75, 3.05) is 0 Å². The van der Waals surface area contributed by atoms with Crippen molar-refractivity contribution >= 4 is 27.7 Å². The minimum absolute atomic E-state index is 0.275. The number of esters is 1. The van der Waals surface area contributed by atoms with Crippen LogP contribution in [0.15, 0.2) is 24.4 Å². The SMILES string of the molecule is CC(Br)OC(=O)CC(=O)c1ccccn1. The van der Waals surface area contributed by atoms with Gasteiger partial charge in [-0.25, -0.2) is 0 Å². The summed E-state index contributed by atoms with van der Waals surface area (Å²) in [5, 5.41) is -0.387. The van der Waals surface area contributed by atoms with Crippen LogP contribution in [0.2, 0.25) is 0 Å². The van der Waals surface area contributed by atoms with Crippen LogP contribution in [0.5, 0.6) is 0 Å². The lowest BCUT2D eigenvalue weighted by molar-refractivity contribution is -0.143. The summed E-state index contributed by atoms with van der Waals surface area (Å²) in [4.78, 5) is 26.4. The van der Waals surface area contributed by atoms with Gasteiger partial charge in [-0.15, -0.1) is 0 Å². The van der Waals surface area contributed by atoms with E-state index in [1.54, 1.807) is 25.1 Å². The van der Waals surface area contributed by atoms with Crippen LogP contribution in [0.25, 0.3) is 0 Å². The molecule has 0 amide bonds. The quantitative estimate of drug-likeness (QED) is 0.364. The van der Waals surface area contributed by atoms with Gasteiger partial charge in [0.25, 0.3) is 0 Å². The first-order chi connectivity index (χ1) is 7.09. The first kappa shape index (κ1) is 11.8. The van der Waals surface area contributed by atoms with Crippen LogP contribution in [-0.4, -0.2) is 21.7 Å². The number of alkyl halides is 1. The summed E-state index contributed by atoms with van der Waals surface area (Å²) in [5.74, 6) is -0.899. The van der Waals surface area contributed by atoms with Crippen LogP contribution in [-0.2, 0) is 9.53 Å². The first-order valence-corrected chi connectivity index (χ1v) is 5.29. The van der Waals surface area contributed by atoms with E-state index in [0.29, 0.717) is 0 Å². The number of ether oxygens (including phenoxy) is 1. The van der Waals surface area contributed by atoms with E-state index < -0.39 is 5.97 Å². The van der Waals surface area contributed by atoms with Crippen molar-refractivity contribution < 1.29 is 14.3 Å². The van der Waals surface area contributed by atoms with Crippen molar-refractivity contribution in [3.63, 3.8) is 0 Å². The molecule has 0 bridgehead atoms. The minimum Gasteiger partial charge on any atom is -0.451 e. The molecule has 0 fully saturated rings. The normalized spacial score (nSPS) is 11.9. The van der Waals surface area contributed by atoms with Crippen LogP contribution in [0.1, 0.15) is 23.8 Å². The predicted octanol–water partition coefficient (Wildman–Crippen LogP) is 1.94. The molecule has 0 aromatic carbocycles. The van der Waals surface area contributed by atoms with Crippen LogP contribution in [0.4, 0.5) is 0 Å². The summed E-state index contributed by atoms with van der Waals surface area (Å²) in [6, 6.07) is 4.96. The van der Waals surface area contributed by atoms with Gasteiger partial charge in [0.05, 0.1) is 0 Å². The number of carbonyl (C=O) groups is 2. The fourth-order valence-corrected chi connectivity index (χ4v) is 1.18. The van der Waals surface area contributed by atoms with Crippen molar-refractivity contribution in [2.45, 2.75) is 18.4 Å². The molecular formula is C10H10BrNO3. The van der Waals surface area contributed by atoms with Gasteiger partial charge < -0.3 is 4.74 Å². The highest BCUT2D eigenvalue weighted by Crippen LogP contribution is 2.05. The summed E-state index contributed by atoms with van der Waals surface area (Å²) in [5.41, 5.74) is 0.275. The van der Waals surface area contributed by atoms with Crippen LogP contribution >= 0.6 is 15.9 Å². The molecule has 0 radical (unpaired) electrons. The molecule has 0 spiro atoms. The summed E-state index contributed by atoms with van der Waals surface area (Å²) in [6.07, 6.45) is 1.22. The zero-order chi connectivity index (χ0) is 11.3. The van der Waals surface area contributed by atoms with Gasteiger partial charge in [-0.3, -0.25) is 14.6 Å². The van der Waals surface area contributed by atoms with E-state index in [4.69, 9.17) is 4.74 Å². The number of carbonyl (C=O) groups excluding carboxylic acids is 2. The fourth-order valence-electron chi connectivity index (χ4n) is 0.972. The predicted molar refractivity (Wildman–Crippen MR) is 57.7 cm³/mol. The van der Waals surface area contributed by atoms with Crippen molar-refractivity contribution in [3.8, 4) is 0 Å². The van der Waals surface area contributed by atoms with E-state index in [0.717, 1.165) is 0 Å². The lowest BCUT2D eigenvalue weighted by Gasteiger charge is -2.05. The van der Waals surface area contributed by atoms with Crippen molar-refractivity contribution in [1.29, 1.82) is 0 Å². The molecule has 0 aliphatic heterocycles. The van der Waals surface area contributed by atoms with Gasteiger partial charge in [0.1, 0.15) is 12.1 Å². The molecule has 0 aliphatic carbocycles. The molecule has 4 nitrogen and oxygen atoms in total. The molecule has 80 valence electrons. The summed E-state index contributed by atoms with van der Waals surface area (Å²) < 4.78 is 4.77. The second-order valence-corrected chi connectivity index (χ2v) is 4.14. The Balaban J connectivity index is 2.53. The van der Waals surface area contributed by atoms with E-state index >= 15 is 0 Å². The van der Waals surface area contributed by atoms with Crippen LogP contribution in [0.3, 0.4) is 0 Å². The topological polar surface area (TPSA) is 56.3 Å². The monoisotopic (exact) mass is 271 g/mol. The minimum atomic E-state index is -0.560. The third-order valence-electron chi connectivity index (χ3n) is 1.55. The van der Waals surface area contributed by atoms with E-state index in [1.807, 2.05) is 0 Å². The molecule has 1 unspecified atom stereocenters. The number of ketones is 1. The molecule has 1 aromatic heterocycles. The summed E-state index contributed by atoms with van der Waals surface area (Å²) in [7, 11) is 0. The number of Topliss-reactive ketones (excluding diaryl/α,β-unsaturated/α-hetero) is 1. The number of pyridine rings is 1. The Hall–Kier alpha value is -1.23. The molecule has 1 atom stereocenters. The maximum atomic E-state index is 11.5. The van der Waals surface area contributed by atoms with Crippen molar-refractivity contribution in [3.05, 3.63) is 30.1 Å². The highest BCUT2D eigenvalue weighted by Gasteiger charge is 2.14. The average molecular weight is 272 g/mol. The van der Waals surface area contributed by atoms with Crippen LogP contribution in [0, 0.1) is 0 Å². The lowest BCUT2D eigenvalue weighted by Crippen LogP contribution is -2.14. The Morgan fingerprint density at radius 1 is 1.53 bits per heavy atom. The second kappa shape index (κ2) is 5.60. The number of hydrogen-bond acceptors (Lipinski definition) is 4. The van der Waals surface area contributed by atoms with Gasteiger partial charge in [0, 0.05) is 6.20 Å².